The molecule has 4 aliphatic rings. The van der Waals surface area contributed by atoms with Gasteiger partial charge in [-0.05, 0) is 104 Å². The fourth-order valence-corrected chi connectivity index (χ4v) is 8.57. The van der Waals surface area contributed by atoms with E-state index in [2.05, 4.69) is 40.7 Å². The maximum absolute atomic E-state index is 11.3. The molecule has 30 heavy (non-hydrogen) atoms. The summed E-state index contributed by atoms with van der Waals surface area (Å²) in [6.45, 7) is 11.7. The van der Waals surface area contributed by atoms with Crippen molar-refractivity contribution in [1.82, 2.24) is 0 Å². The van der Waals surface area contributed by atoms with Gasteiger partial charge in [-0.25, -0.2) is 0 Å². The van der Waals surface area contributed by atoms with E-state index in [0.29, 0.717) is 35.5 Å². The fourth-order valence-electron chi connectivity index (χ4n) is 8.57. The minimum absolute atomic E-state index is 0.158. The molecule has 3 fully saturated rings. The second kappa shape index (κ2) is 8.19. The van der Waals surface area contributed by atoms with Crippen molar-refractivity contribution in [2.45, 2.75) is 111 Å². The van der Waals surface area contributed by atoms with E-state index in [1.165, 1.54) is 31.3 Å². The van der Waals surface area contributed by atoms with Crippen molar-refractivity contribution in [2.24, 2.45) is 46.3 Å². The average molecular weight is 419 g/mol. The van der Waals surface area contributed by atoms with Gasteiger partial charge in [-0.1, -0.05) is 46.3 Å². The van der Waals surface area contributed by atoms with Crippen LogP contribution in [0, 0.1) is 46.3 Å². The predicted octanol–water partition coefficient (Wildman–Crippen LogP) is 5.33. The summed E-state index contributed by atoms with van der Waals surface area (Å²) in [6.07, 6.45) is 10.9. The van der Waals surface area contributed by atoms with Gasteiger partial charge in [0.2, 0.25) is 0 Å². The van der Waals surface area contributed by atoms with E-state index in [9.17, 15) is 15.3 Å². The van der Waals surface area contributed by atoms with Crippen LogP contribution >= 0.6 is 0 Å². The smallest absolute Gasteiger partial charge is 0.0757 e. The van der Waals surface area contributed by atoms with Crippen LogP contribution in [0.3, 0.4) is 0 Å². The van der Waals surface area contributed by atoms with E-state index < -0.39 is 0 Å². The summed E-state index contributed by atoms with van der Waals surface area (Å²) in [5.74, 6) is 2.97. The minimum atomic E-state index is -0.368. The van der Waals surface area contributed by atoms with Crippen LogP contribution in [0.1, 0.15) is 92.4 Å². The Morgan fingerprint density at radius 2 is 1.70 bits per heavy atom. The van der Waals surface area contributed by atoms with Crippen LogP contribution in [0.5, 0.6) is 0 Å². The van der Waals surface area contributed by atoms with Crippen molar-refractivity contribution in [1.29, 1.82) is 0 Å². The van der Waals surface area contributed by atoms with Gasteiger partial charge in [0.1, 0.15) is 0 Å². The molecule has 0 saturated heterocycles. The summed E-state index contributed by atoms with van der Waals surface area (Å²) >= 11 is 0. The molecule has 3 N–H and O–H groups in total. The largest absolute Gasteiger partial charge is 0.393 e. The highest BCUT2D eigenvalue weighted by Gasteiger charge is 2.61. The molecule has 0 amide bonds. The average Bonchev–Trinajstić information content (AvgIpc) is 3.04. The summed E-state index contributed by atoms with van der Waals surface area (Å²) < 4.78 is 0. The van der Waals surface area contributed by atoms with Crippen molar-refractivity contribution >= 4 is 0 Å². The van der Waals surface area contributed by atoms with Gasteiger partial charge >= 0.3 is 0 Å². The number of aliphatic hydroxyl groups is 3. The van der Waals surface area contributed by atoms with Gasteiger partial charge in [0.15, 0.2) is 0 Å². The van der Waals surface area contributed by atoms with Gasteiger partial charge in [0.05, 0.1) is 18.3 Å². The summed E-state index contributed by atoms with van der Waals surface area (Å²) in [5.41, 5.74) is 1.71. The number of rotatable bonds is 5. The van der Waals surface area contributed by atoms with E-state index in [0.717, 1.165) is 32.1 Å². The molecule has 0 aromatic carbocycles. The van der Waals surface area contributed by atoms with E-state index >= 15 is 0 Å². The molecule has 4 rings (SSSR count). The van der Waals surface area contributed by atoms with Crippen LogP contribution in [0.2, 0.25) is 0 Å². The highest BCUT2D eigenvalue weighted by Crippen LogP contribution is 2.67. The van der Waals surface area contributed by atoms with Crippen molar-refractivity contribution < 1.29 is 15.3 Å². The molecule has 0 bridgehead atoms. The molecule has 0 heterocycles. The number of hydrogen-bond acceptors (Lipinski definition) is 3. The fraction of sp³-hybridized carbons (Fsp3) is 0.926. The Balaban J connectivity index is 1.56. The van der Waals surface area contributed by atoms with Gasteiger partial charge in [-0.3, -0.25) is 0 Å². The number of hydrogen-bond donors (Lipinski definition) is 3. The molecule has 4 aliphatic carbocycles. The van der Waals surface area contributed by atoms with Crippen LogP contribution in [0.4, 0.5) is 0 Å². The van der Waals surface area contributed by atoms with Crippen molar-refractivity contribution in [3.8, 4) is 0 Å². The first-order valence-electron chi connectivity index (χ1n) is 12.8. The van der Waals surface area contributed by atoms with Crippen molar-refractivity contribution in [2.75, 3.05) is 0 Å². The van der Waals surface area contributed by atoms with Crippen LogP contribution in [-0.2, 0) is 0 Å². The first kappa shape index (κ1) is 22.8. The molecule has 0 aromatic rings. The first-order valence-corrected chi connectivity index (χ1v) is 12.8. The molecule has 172 valence electrons. The van der Waals surface area contributed by atoms with Crippen molar-refractivity contribution in [3.05, 3.63) is 11.6 Å². The third-order valence-corrected chi connectivity index (χ3v) is 10.5. The third kappa shape index (κ3) is 3.61. The maximum Gasteiger partial charge on any atom is 0.0757 e. The summed E-state index contributed by atoms with van der Waals surface area (Å²) in [6, 6.07) is 0. The Morgan fingerprint density at radius 1 is 0.967 bits per heavy atom. The Morgan fingerprint density at radius 3 is 2.40 bits per heavy atom. The van der Waals surface area contributed by atoms with Crippen LogP contribution in [-0.4, -0.2) is 33.6 Å². The monoisotopic (exact) mass is 418 g/mol. The molecule has 3 saturated carbocycles. The molecule has 0 aromatic heterocycles. The zero-order valence-corrected chi connectivity index (χ0v) is 20.0. The Bertz CT molecular complexity index is 656. The van der Waals surface area contributed by atoms with Gasteiger partial charge < -0.3 is 15.3 Å². The number of fused-ring (bicyclic) bond motifs is 5. The molecular weight excluding hydrogens is 372 g/mol. The quantitative estimate of drug-likeness (QED) is 0.529. The Hall–Kier alpha value is -0.380. The van der Waals surface area contributed by atoms with Crippen LogP contribution in [0.15, 0.2) is 11.6 Å². The number of aliphatic hydroxyl groups excluding tert-OH is 3. The zero-order valence-electron chi connectivity index (χ0n) is 20.0. The first-order chi connectivity index (χ1) is 14.1. The lowest BCUT2D eigenvalue weighted by molar-refractivity contribution is -0.103. The molecule has 0 spiro atoms. The minimum Gasteiger partial charge on any atom is -0.393 e. The van der Waals surface area contributed by atoms with E-state index in [-0.39, 0.29) is 29.1 Å². The Kier molecular flexibility index (Phi) is 6.23. The highest BCUT2D eigenvalue weighted by molar-refractivity contribution is 5.28. The second-order valence-electron chi connectivity index (χ2n) is 12.4. The van der Waals surface area contributed by atoms with Gasteiger partial charge in [0.25, 0.3) is 0 Å². The highest BCUT2D eigenvalue weighted by atomic mass is 16.3. The third-order valence-electron chi connectivity index (χ3n) is 10.5. The molecule has 1 unspecified atom stereocenters. The van der Waals surface area contributed by atoms with Gasteiger partial charge in [-0.2, -0.15) is 0 Å². The Labute approximate surface area is 184 Å². The molecular formula is C27H46O3. The summed E-state index contributed by atoms with van der Waals surface area (Å²) in [7, 11) is 0. The second-order valence-corrected chi connectivity index (χ2v) is 12.4. The lowest BCUT2D eigenvalue weighted by Gasteiger charge is -2.59. The van der Waals surface area contributed by atoms with E-state index in [1.807, 2.05) is 0 Å². The normalized spacial score (nSPS) is 47.8. The summed E-state index contributed by atoms with van der Waals surface area (Å²) in [5, 5.41) is 32.4. The van der Waals surface area contributed by atoms with Crippen molar-refractivity contribution in [3.63, 3.8) is 0 Å². The van der Waals surface area contributed by atoms with E-state index in [1.54, 1.807) is 0 Å². The topological polar surface area (TPSA) is 60.7 Å². The molecule has 10 atom stereocenters. The maximum atomic E-state index is 11.3. The summed E-state index contributed by atoms with van der Waals surface area (Å²) in [4.78, 5) is 0. The lowest BCUT2D eigenvalue weighted by atomic mass is 9.46. The lowest BCUT2D eigenvalue weighted by Crippen LogP contribution is -2.55. The van der Waals surface area contributed by atoms with Gasteiger partial charge in [0, 0.05) is 0 Å². The van der Waals surface area contributed by atoms with E-state index in [4.69, 9.17) is 0 Å². The standard InChI is InChI=1S/C27H46O3/c1-16(2)6-9-23(29)17(3)20-7-8-21-25-22(11-13-27(20,21)5)26(4)12-10-19(28)14-18(26)15-24(25)30/h15-17,19-25,28-30H,6-14H2,1-5H3/t17-,19-,20+,21-,22-,23?,24-,25-,26-,27+/m0/s1. The molecule has 3 nitrogen and oxygen atoms in total. The molecule has 0 aliphatic heterocycles. The predicted molar refractivity (Wildman–Crippen MR) is 122 cm³/mol. The van der Waals surface area contributed by atoms with Crippen LogP contribution < -0.4 is 0 Å². The SMILES string of the molecule is CC(C)CCC(O)[C@@H](C)[C@H]1CC[C@H]2[C@@H]3[C@@H](O)C=C4C[C@@H](O)CC[C@]4(C)[C@H]3CC[C@]12C. The molecule has 3 heteroatoms. The van der Waals surface area contributed by atoms with Gasteiger partial charge in [-0.15, -0.1) is 0 Å². The van der Waals surface area contributed by atoms with Crippen LogP contribution in [0.25, 0.3) is 0 Å². The zero-order chi connectivity index (χ0) is 21.8. The molecule has 0 radical (unpaired) electrons.